The van der Waals surface area contributed by atoms with Crippen LogP contribution in [0.15, 0.2) is 36.2 Å². The number of hydrogen-bond donors (Lipinski definition) is 0. The molecular formula is C22H24F2N6. The Hall–Kier alpha value is -2.74. The predicted molar refractivity (Wildman–Crippen MR) is 108 cm³/mol. The summed E-state index contributed by atoms with van der Waals surface area (Å²) < 4.78 is 28.4. The molecule has 0 aromatic carbocycles. The molecule has 156 valence electrons. The van der Waals surface area contributed by atoms with Crippen LogP contribution in [0.5, 0.6) is 0 Å². The molecule has 3 aromatic heterocycles. The zero-order valence-corrected chi connectivity index (χ0v) is 17.1. The fraction of sp³-hybridized carbons (Fsp3) is 0.455. The summed E-state index contributed by atoms with van der Waals surface area (Å²) in [5.74, 6) is 0.783. The van der Waals surface area contributed by atoms with E-state index in [1.54, 1.807) is 4.52 Å². The number of rotatable bonds is 5. The average molecular weight is 410 g/mol. The van der Waals surface area contributed by atoms with Gasteiger partial charge in [0.15, 0.2) is 0 Å². The Kier molecular flexibility index (Phi) is 4.81. The van der Waals surface area contributed by atoms with Crippen molar-refractivity contribution in [1.29, 1.82) is 0 Å². The van der Waals surface area contributed by atoms with Crippen LogP contribution in [0.25, 0.3) is 5.78 Å². The van der Waals surface area contributed by atoms with Gasteiger partial charge in [-0.15, -0.1) is 0 Å². The third-order valence-corrected chi connectivity index (χ3v) is 5.98. The van der Waals surface area contributed by atoms with Crippen LogP contribution in [0.1, 0.15) is 66.4 Å². The molecule has 30 heavy (non-hydrogen) atoms. The normalized spacial score (nSPS) is 20.2. The highest BCUT2D eigenvalue weighted by atomic mass is 19.3. The van der Waals surface area contributed by atoms with E-state index in [-0.39, 0.29) is 17.4 Å². The van der Waals surface area contributed by atoms with E-state index in [0.717, 1.165) is 30.9 Å². The lowest BCUT2D eigenvalue weighted by Crippen LogP contribution is -2.34. The largest absolute Gasteiger partial charge is 0.294 e. The monoisotopic (exact) mass is 410 g/mol. The lowest BCUT2D eigenvalue weighted by atomic mass is 9.92. The number of halogens is 2. The number of pyridine rings is 1. The fourth-order valence-electron chi connectivity index (χ4n) is 4.27. The van der Waals surface area contributed by atoms with Gasteiger partial charge in [0.1, 0.15) is 12.0 Å². The van der Waals surface area contributed by atoms with Crippen molar-refractivity contribution in [2.45, 2.75) is 51.5 Å². The Morgan fingerprint density at radius 3 is 2.73 bits per heavy atom. The first kappa shape index (κ1) is 19.2. The second-order valence-electron chi connectivity index (χ2n) is 8.39. The fourth-order valence-corrected chi connectivity index (χ4v) is 4.27. The number of hydrogen-bond acceptors (Lipinski definition) is 5. The Balaban J connectivity index is 1.44. The van der Waals surface area contributed by atoms with Crippen molar-refractivity contribution in [3.8, 4) is 0 Å². The quantitative estimate of drug-likeness (QED) is 0.591. The number of alkyl halides is 2. The van der Waals surface area contributed by atoms with Crippen LogP contribution < -0.4 is 0 Å². The summed E-state index contributed by atoms with van der Waals surface area (Å²) in [6.07, 6.45) is 3.35. The molecular weight excluding hydrogens is 386 g/mol. The minimum atomic E-state index is -2.64. The molecule has 6 nitrogen and oxygen atoms in total. The maximum absolute atomic E-state index is 13.4. The molecule has 1 saturated carbocycles. The lowest BCUT2D eigenvalue weighted by molar-refractivity contribution is 0.146. The van der Waals surface area contributed by atoms with Gasteiger partial charge in [0.2, 0.25) is 0 Å². The Labute approximate surface area is 173 Å². The average Bonchev–Trinajstić information content (AvgIpc) is 3.45. The van der Waals surface area contributed by atoms with Gasteiger partial charge in [-0.25, -0.2) is 18.3 Å². The molecule has 1 fully saturated rings. The molecule has 3 aromatic rings. The van der Waals surface area contributed by atoms with E-state index in [2.05, 4.69) is 45.1 Å². The maximum Gasteiger partial charge on any atom is 0.280 e. The minimum absolute atomic E-state index is 0.0470. The van der Waals surface area contributed by atoms with E-state index in [1.165, 1.54) is 36.5 Å². The summed E-state index contributed by atoms with van der Waals surface area (Å²) in [7, 11) is 0. The molecule has 0 unspecified atom stereocenters. The van der Waals surface area contributed by atoms with Crippen molar-refractivity contribution >= 4 is 5.78 Å². The highest BCUT2D eigenvalue weighted by Crippen LogP contribution is 2.39. The molecule has 2 aliphatic rings. The second-order valence-corrected chi connectivity index (χ2v) is 8.39. The van der Waals surface area contributed by atoms with Gasteiger partial charge in [-0.05, 0) is 50.5 Å². The van der Waals surface area contributed by atoms with Gasteiger partial charge in [-0.2, -0.15) is 10.1 Å². The van der Waals surface area contributed by atoms with Crippen LogP contribution in [-0.2, 0) is 6.54 Å². The Morgan fingerprint density at radius 2 is 1.97 bits per heavy atom. The summed E-state index contributed by atoms with van der Waals surface area (Å²) >= 11 is 0. The van der Waals surface area contributed by atoms with Crippen molar-refractivity contribution in [3.63, 3.8) is 0 Å². The van der Waals surface area contributed by atoms with Gasteiger partial charge in [0.25, 0.3) is 12.2 Å². The van der Waals surface area contributed by atoms with Gasteiger partial charge in [0, 0.05) is 42.9 Å². The molecule has 1 atom stereocenters. The Bertz CT molecular complexity index is 1120. The molecule has 5 rings (SSSR count). The molecule has 0 N–H and O–H groups in total. The Morgan fingerprint density at radius 1 is 1.13 bits per heavy atom. The van der Waals surface area contributed by atoms with Gasteiger partial charge in [-0.3, -0.25) is 9.88 Å². The summed E-state index contributed by atoms with van der Waals surface area (Å²) in [5, 5.41) is 4.23. The van der Waals surface area contributed by atoms with Crippen molar-refractivity contribution in [2.75, 3.05) is 13.1 Å². The van der Waals surface area contributed by atoms with Crippen LogP contribution >= 0.6 is 0 Å². The molecule has 1 aliphatic heterocycles. The summed E-state index contributed by atoms with van der Waals surface area (Å²) in [6.45, 7) is 6.45. The van der Waals surface area contributed by atoms with Crippen molar-refractivity contribution in [3.05, 3.63) is 64.5 Å². The number of aryl methyl sites for hydroxylation is 1. The third-order valence-electron chi connectivity index (χ3n) is 5.98. The smallest absolute Gasteiger partial charge is 0.280 e. The molecule has 4 heterocycles. The molecule has 0 bridgehead atoms. The van der Waals surface area contributed by atoms with Gasteiger partial charge >= 0.3 is 0 Å². The highest BCUT2D eigenvalue weighted by molar-refractivity contribution is 5.36. The number of fused-ring (bicyclic) bond motifs is 1. The summed E-state index contributed by atoms with van der Waals surface area (Å²) in [4.78, 5) is 15.0. The van der Waals surface area contributed by atoms with Gasteiger partial charge in [0.05, 0.1) is 5.69 Å². The van der Waals surface area contributed by atoms with Gasteiger partial charge in [-0.1, -0.05) is 11.6 Å². The molecule has 0 saturated heterocycles. The molecule has 1 aliphatic carbocycles. The zero-order chi connectivity index (χ0) is 20.8. The van der Waals surface area contributed by atoms with Crippen LogP contribution in [0.2, 0.25) is 0 Å². The van der Waals surface area contributed by atoms with E-state index in [1.807, 2.05) is 6.92 Å². The zero-order valence-electron chi connectivity index (χ0n) is 17.1. The first-order valence-corrected chi connectivity index (χ1v) is 10.3. The van der Waals surface area contributed by atoms with E-state index in [0.29, 0.717) is 11.6 Å². The van der Waals surface area contributed by atoms with E-state index < -0.39 is 6.43 Å². The maximum atomic E-state index is 13.4. The molecule has 0 amide bonds. The van der Waals surface area contributed by atoms with Crippen LogP contribution in [0.4, 0.5) is 8.78 Å². The lowest BCUT2D eigenvalue weighted by Gasteiger charge is -2.32. The van der Waals surface area contributed by atoms with Crippen molar-refractivity contribution in [2.24, 2.45) is 0 Å². The van der Waals surface area contributed by atoms with E-state index in [9.17, 15) is 8.78 Å². The second kappa shape index (κ2) is 7.50. The first-order chi connectivity index (χ1) is 14.5. The van der Waals surface area contributed by atoms with Gasteiger partial charge < -0.3 is 0 Å². The van der Waals surface area contributed by atoms with E-state index in [4.69, 9.17) is 4.98 Å². The van der Waals surface area contributed by atoms with Crippen LogP contribution in [0.3, 0.4) is 0 Å². The van der Waals surface area contributed by atoms with Crippen molar-refractivity contribution < 1.29 is 8.78 Å². The predicted octanol–water partition coefficient (Wildman–Crippen LogP) is 4.19. The molecule has 0 radical (unpaired) electrons. The van der Waals surface area contributed by atoms with E-state index >= 15 is 0 Å². The minimum Gasteiger partial charge on any atom is -0.294 e. The highest BCUT2D eigenvalue weighted by Gasteiger charge is 2.28. The topological polar surface area (TPSA) is 59.2 Å². The first-order valence-electron chi connectivity index (χ1n) is 10.3. The summed E-state index contributed by atoms with van der Waals surface area (Å²) in [5.41, 5.74) is 5.11. The number of nitrogens with zero attached hydrogens (tertiary/aromatic N) is 6. The van der Waals surface area contributed by atoms with Crippen LogP contribution in [0, 0.1) is 6.92 Å². The van der Waals surface area contributed by atoms with Crippen molar-refractivity contribution in [1.82, 2.24) is 29.5 Å². The third kappa shape index (κ3) is 3.71. The standard InChI is InChI=1S/C22H24F2N6/c1-13-5-6-29(10-15-7-14(2)27-18(8-15)16-3-4-16)11-17(13)20-9-19(21(23)24)28-22-25-12-26-30(20)22/h5,7-9,12,16-17,21H,3-4,6,10-11H2,1-2H3/t17-/m1/s1. The van der Waals surface area contributed by atoms with Crippen LogP contribution in [-0.4, -0.2) is 42.6 Å². The SMILES string of the molecule is CC1=CCN(Cc2cc(C)nc(C3CC3)c2)C[C@H]1c1cc(C(F)F)nc2ncnn12. The number of aromatic nitrogens is 5. The summed E-state index contributed by atoms with van der Waals surface area (Å²) in [6, 6.07) is 5.84. The molecule has 0 spiro atoms. The molecule has 8 heteroatoms.